The average Bonchev–Trinajstić information content (AvgIpc) is 3.11. The first-order valence-corrected chi connectivity index (χ1v) is 11.2. The average molecular weight is 456 g/mol. The van der Waals surface area contributed by atoms with Crippen LogP contribution in [-0.4, -0.2) is 31.1 Å². The van der Waals surface area contributed by atoms with Crippen LogP contribution in [0.1, 0.15) is 38.9 Å². The van der Waals surface area contributed by atoms with Crippen LogP contribution in [0.3, 0.4) is 0 Å². The zero-order chi connectivity index (χ0) is 23.8. The van der Waals surface area contributed by atoms with E-state index < -0.39 is 6.04 Å². The molecular formula is C28H25NO5. The van der Waals surface area contributed by atoms with Gasteiger partial charge in [-0.3, -0.25) is 9.59 Å². The van der Waals surface area contributed by atoms with E-state index >= 15 is 0 Å². The quantitative estimate of drug-likeness (QED) is 0.390. The molecule has 1 amide bonds. The Hall–Kier alpha value is -3.90. The minimum atomic E-state index is -0.599. The van der Waals surface area contributed by atoms with Gasteiger partial charge in [-0.2, -0.15) is 0 Å². The first-order valence-electron chi connectivity index (χ1n) is 11.2. The van der Waals surface area contributed by atoms with Crippen LogP contribution in [0.2, 0.25) is 0 Å². The maximum Gasteiger partial charge on any atom is 0.290 e. The topological polar surface area (TPSA) is 69.0 Å². The number of benzene rings is 3. The van der Waals surface area contributed by atoms with E-state index in [0.717, 1.165) is 16.7 Å². The van der Waals surface area contributed by atoms with Crippen LogP contribution in [-0.2, 0) is 4.74 Å². The van der Waals surface area contributed by atoms with Crippen molar-refractivity contribution in [1.29, 1.82) is 0 Å². The fourth-order valence-electron chi connectivity index (χ4n) is 4.61. The summed E-state index contributed by atoms with van der Waals surface area (Å²) < 4.78 is 17.4. The molecule has 172 valence electrons. The Morgan fingerprint density at radius 2 is 1.71 bits per heavy atom. The van der Waals surface area contributed by atoms with Crippen molar-refractivity contribution in [2.75, 3.05) is 20.3 Å². The Morgan fingerprint density at radius 1 is 0.941 bits per heavy atom. The number of carbonyl (C=O) groups excluding carboxylic acids is 1. The third kappa shape index (κ3) is 3.76. The van der Waals surface area contributed by atoms with Gasteiger partial charge in [0.2, 0.25) is 5.76 Å². The molecule has 0 radical (unpaired) electrons. The molecule has 6 nitrogen and oxygen atoms in total. The molecule has 0 saturated heterocycles. The van der Waals surface area contributed by atoms with E-state index in [0.29, 0.717) is 41.2 Å². The van der Waals surface area contributed by atoms with Gasteiger partial charge < -0.3 is 18.8 Å². The Bertz CT molecular complexity index is 1440. The second-order valence-corrected chi connectivity index (χ2v) is 8.51. The highest BCUT2D eigenvalue weighted by Crippen LogP contribution is 2.39. The van der Waals surface area contributed by atoms with Crippen molar-refractivity contribution in [2.24, 2.45) is 0 Å². The molecule has 3 aromatic carbocycles. The van der Waals surface area contributed by atoms with Gasteiger partial charge in [-0.25, -0.2) is 0 Å². The van der Waals surface area contributed by atoms with Crippen molar-refractivity contribution in [2.45, 2.75) is 19.9 Å². The van der Waals surface area contributed by atoms with Crippen LogP contribution < -0.4 is 10.2 Å². The Kier molecular flexibility index (Phi) is 5.67. The number of carbonyl (C=O) groups is 1. The van der Waals surface area contributed by atoms with Crippen molar-refractivity contribution < 1.29 is 18.7 Å². The molecule has 0 fully saturated rings. The first kappa shape index (κ1) is 21.9. The molecule has 6 heteroatoms. The second-order valence-electron chi connectivity index (χ2n) is 8.51. The van der Waals surface area contributed by atoms with Crippen molar-refractivity contribution >= 4 is 16.9 Å². The summed E-state index contributed by atoms with van der Waals surface area (Å²) in [5.41, 5.74) is 3.19. The van der Waals surface area contributed by atoms with Gasteiger partial charge in [0.05, 0.1) is 23.6 Å². The third-order valence-corrected chi connectivity index (χ3v) is 6.09. The molecule has 1 atom stereocenters. The predicted molar refractivity (Wildman–Crippen MR) is 130 cm³/mol. The number of hydrogen-bond acceptors (Lipinski definition) is 5. The molecule has 0 bridgehead atoms. The lowest BCUT2D eigenvalue weighted by molar-refractivity contribution is 0.0663. The van der Waals surface area contributed by atoms with Crippen LogP contribution in [0.4, 0.5) is 0 Å². The summed E-state index contributed by atoms with van der Waals surface area (Å²) in [5, 5.41) is 0.485. The first-order chi connectivity index (χ1) is 16.5. The molecule has 0 aliphatic carbocycles. The van der Waals surface area contributed by atoms with Crippen molar-refractivity contribution in [3.05, 3.63) is 105 Å². The van der Waals surface area contributed by atoms with Gasteiger partial charge in [0.15, 0.2) is 5.43 Å². The molecule has 0 saturated carbocycles. The van der Waals surface area contributed by atoms with Crippen molar-refractivity contribution in [1.82, 2.24) is 4.90 Å². The highest BCUT2D eigenvalue weighted by atomic mass is 16.5. The highest BCUT2D eigenvalue weighted by molar-refractivity contribution is 5.99. The minimum Gasteiger partial charge on any atom is -0.457 e. The highest BCUT2D eigenvalue weighted by Gasteiger charge is 2.42. The van der Waals surface area contributed by atoms with Gasteiger partial charge in [-0.15, -0.1) is 0 Å². The van der Waals surface area contributed by atoms with Gasteiger partial charge in [0.25, 0.3) is 5.91 Å². The molecule has 0 N–H and O–H groups in total. The zero-order valence-corrected chi connectivity index (χ0v) is 19.3. The van der Waals surface area contributed by atoms with E-state index in [1.54, 1.807) is 12.0 Å². The van der Waals surface area contributed by atoms with Crippen LogP contribution >= 0.6 is 0 Å². The van der Waals surface area contributed by atoms with Gasteiger partial charge in [0, 0.05) is 13.7 Å². The summed E-state index contributed by atoms with van der Waals surface area (Å²) in [4.78, 5) is 28.8. The number of aryl methyl sites for hydroxylation is 2. The normalized spacial score (nSPS) is 15.1. The summed E-state index contributed by atoms with van der Waals surface area (Å²) in [6.45, 7) is 4.48. The summed E-state index contributed by atoms with van der Waals surface area (Å²) in [7, 11) is 1.58. The molecule has 1 aromatic heterocycles. The summed E-state index contributed by atoms with van der Waals surface area (Å²) >= 11 is 0. The molecule has 5 rings (SSSR count). The number of methoxy groups -OCH3 is 1. The number of ether oxygens (including phenoxy) is 2. The van der Waals surface area contributed by atoms with Gasteiger partial charge in [-0.05, 0) is 60.9 Å². The smallest absolute Gasteiger partial charge is 0.290 e. The SMILES string of the molecule is COCCN1C(=O)c2oc3c(C)cc(C)cc3c(=O)c2C1c1cccc(Oc2ccccc2)c1. The monoisotopic (exact) mass is 455 g/mol. The maximum absolute atomic E-state index is 13.7. The lowest BCUT2D eigenvalue weighted by Crippen LogP contribution is -2.32. The van der Waals surface area contributed by atoms with Gasteiger partial charge in [0.1, 0.15) is 17.1 Å². The molecule has 1 aliphatic rings. The molecule has 1 aliphatic heterocycles. The predicted octanol–water partition coefficient (Wildman–Crippen LogP) is 5.39. The maximum atomic E-state index is 13.7. The standard InChI is InChI=1S/C28H25NO5/c1-17-14-18(2)26-22(15-17)25(30)23-24(29(12-13-32-3)28(31)27(23)34-26)19-8-7-11-21(16-19)33-20-9-5-4-6-10-20/h4-11,14-16,24H,12-13H2,1-3H3. The lowest BCUT2D eigenvalue weighted by atomic mass is 9.97. The molecule has 4 aromatic rings. The number of rotatable bonds is 6. The molecule has 0 spiro atoms. The largest absolute Gasteiger partial charge is 0.457 e. The molecule has 34 heavy (non-hydrogen) atoms. The molecule has 1 unspecified atom stereocenters. The molecular weight excluding hydrogens is 430 g/mol. The van der Waals surface area contributed by atoms with Gasteiger partial charge >= 0.3 is 0 Å². The van der Waals surface area contributed by atoms with E-state index in [2.05, 4.69) is 0 Å². The van der Waals surface area contributed by atoms with E-state index in [1.165, 1.54) is 0 Å². The summed E-state index contributed by atoms with van der Waals surface area (Å²) in [5.74, 6) is 1.11. The summed E-state index contributed by atoms with van der Waals surface area (Å²) in [6.07, 6.45) is 0. The van der Waals surface area contributed by atoms with E-state index in [9.17, 15) is 9.59 Å². The van der Waals surface area contributed by atoms with Crippen LogP contribution in [0.5, 0.6) is 11.5 Å². The van der Waals surface area contributed by atoms with Crippen LogP contribution in [0, 0.1) is 13.8 Å². The number of para-hydroxylation sites is 1. The van der Waals surface area contributed by atoms with Crippen molar-refractivity contribution in [3.63, 3.8) is 0 Å². The second kappa shape index (κ2) is 8.80. The third-order valence-electron chi connectivity index (χ3n) is 6.09. The van der Waals surface area contributed by atoms with Gasteiger partial charge in [-0.1, -0.05) is 36.4 Å². The van der Waals surface area contributed by atoms with Crippen molar-refractivity contribution in [3.8, 4) is 11.5 Å². The Labute approximate surface area is 197 Å². The van der Waals surface area contributed by atoms with Crippen LogP contribution in [0.25, 0.3) is 11.0 Å². The number of amides is 1. The zero-order valence-electron chi connectivity index (χ0n) is 19.3. The Morgan fingerprint density at radius 3 is 2.47 bits per heavy atom. The molecule has 2 heterocycles. The van der Waals surface area contributed by atoms with E-state index in [1.807, 2.05) is 80.6 Å². The van der Waals surface area contributed by atoms with E-state index in [-0.39, 0.29) is 17.1 Å². The minimum absolute atomic E-state index is 0.0972. The number of nitrogens with zero attached hydrogens (tertiary/aromatic N) is 1. The fourth-order valence-corrected chi connectivity index (χ4v) is 4.61. The number of fused-ring (bicyclic) bond motifs is 2. The summed E-state index contributed by atoms with van der Waals surface area (Å²) in [6, 6.07) is 20.1. The fraction of sp³-hybridized carbons (Fsp3) is 0.214. The number of hydrogen-bond donors (Lipinski definition) is 0. The lowest BCUT2D eigenvalue weighted by Gasteiger charge is -2.25. The Balaban J connectivity index is 1.67. The van der Waals surface area contributed by atoms with Crippen LogP contribution in [0.15, 0.2) is 75.9 Å². The van der Waals surface area contributed by atoms with E-state index in [4.69, 9.17) is 13.9 Å².